The molecule has 4 N–H and O–H groups in total. The zero-order valence-electron chi connectivity index (χ0n) is 10.9. The first kappa shape index (κ1) is 12.5. The first-order chi connectivity index (χ1) is 9.13. The van der Waals surface area contributed by atoms with E-state index in [-0.39, 0.29) is 12.2 Å². The van der Waals surface area contributed by atoms with Crippen LogP contribution in [0.25, 0.3) is 0 Å². The van der Waals surface area contributed by atoms with Gasteiger partial charge < -0.3 is 25.7 Å². The van der Waals surface area contributed by atoms with Gasteiger partial charge in [0.1, 0.15) is 5.82 Å². The highest BCUT2D eigenvalue weighted by Crippen LogP contribution is 2.28. The van der Waals surface area contributed by atoms with Crippen molar-refractivity contribution in [3.8, 4) is 0 Å². The topological polar surface area (TPSA) is 85.8 Å². The Bertz CT molecular complexity index is 468. The van der Waals surface area contributed by atoms with Gasteiger partial charge in [-0.25, -0.2) is 4.98 Å². The third kappa shape index (κ3) is 2.46. The number of hydrogen-bond acceptors (Lipinski definition) is 6. The number of β-amino-alcohol motifs (C(OH)–C–C–N with tert-alkyl or cyclic N) is 2. The summed E-state index contributed by atoms with van der Waals surface area (Å²) in [6, 6.07) is 3.75. The van der Waals surface area contributed by atoms with Crippen LogP contribution in [0.5, 0.6) is 0 Å². The molecule has 3 rings (SSSR count). The van der Waals surface area contributed by atoms with E-state index in [1.165, 1.54) is 0 Å². The molecule has 2 fully saturated rings. The van der Waals surface area contributed by atoms with Crippen molar-refractivity contribution in [2.45, 2.75) is 25.0 Å². The third-order valence-corrected chi connectivity index (χ3v) is 3.84. The first-order valence-electron chi connectivity index (χ1n) is 6.76. The number of nitrogen functional groups attached to an aromatic ring is 1. The summed E-state index contributed by atoms with van der Waals surface area (Å²) in [5.41, 5.74) is 6.62. The Labute approximate surface area is 112 Å². The fourth-order valence-electron chi connectivity index (χ4n) is 2.76. The minimum atomic E-state index is -0.293. The molecule has 0 spiro atoms. The third-order valence-electron chi connectivity index (χ3n) is 3.84. The molecule has 104 valence electrons. The van der Waals surface area contributed by atoms with Crippen LogP contribution in [0.2, 0.25) is 0 Å². The average molecular weight is 264 g/mol. The van der Waals surface area contributed by atoms with E-state index in [9.17, 15) is 10.2 Å². The van der Waals surface area contributed by atoms with Crippen LogP contribution in [0.15, 0.2) is 12.1 Å². The Hall–Kier alpha value is -1.53. The summed E-state index contributed by atoms with van der Waals surface area (Å²) in [6.07, 6.45) is 0.979. The number of anilines is 3. The molecule has 1 aromatic rings. The molecule has 19 heavy (non-hydrogen) atoms. The van der Waals surface area contributed by atoms with Gasteiger partial charge in [-0.3, -0.25) is 0 Å². The van der Waals surface area contributed by atoms with E-state index in [4.69, 9.17) is 5.73 Å². The molecule has 1 aromatic heterocycles. The lowest BCUT2D eigenvalue weighted by molar-refractivity contribution is 0.198. The van der Waals surface area contributed by atoms with Crippen molar-refractivity contribution >= 4 is 17.3 Å². The van der Waals surface area contributed by atoms with E-state index in [0.717, 1.165) is 37.6 Å². The number of aromatic nitrogens is 1. The molecule has 6 nitrogen and oxygen atoms in total. The smallest absolute Gasteiger partial charge is 0.154 e. The molecule has 2 atom stereocenters. The zero-order chi connectivity index (χ0) is 13.4. The van der Waals surface area contributed by atoms with Crippen LogP contribution in [-0.2, 0) is 0 Å². The van der Waals surface area contributed by atoms with Gasteiger partial charge in [-0.15, -0.1) is 0 Å². The van der Waals surface area contributed by atoms with E-state index >= 15 is 0 Å². The highest BCUT2D eigenvalue weighted by molar-refractivity contribution is 5.66. The van der Waals surface area contributed by atoms with Crippen LogP contribution in [0.4, 0.5) is 17.3 Å². The lowest BCUT2D eigenvalue weighted by Crippen LogP contribution is -2.26. The van der Waals surface area contributed by atoms with Crippen molar-refractivity contribution in [3.63, 3.8) is 0 Å². The second kappa shape index (κ2) is 4.86. The molecule has 3 heterocycles. The number of rotatable bonds is 2. The number of pyridine rings is 1. The Morgan fingerprint density at radius 2 is 1.68 bits per heavy atom. The number of nitrogens with zero attached hydrogens (tertiary/aromatic N) is 3. The van der Waals surface area contributed by atoms with Crippen molar-refractivity contribution in [2.75, 3.05) is 41.7 Å². The van der Waals surface area contributed by atoms with Gasteiger partial charge in [0.05, 0.1) is 17.9 Å². The molecule has 6 heteroatoms. The fraction of sp³-hybridized carbons (Fsp3) is 0.615. The van der Waals surface area contributed by atoms with E-state index in [0.29, 0.717) is 18.8 Å². The van der Waals surface area contributed by atoms with E-state index < -0.39 is 0 Å². The van der Waals surface area contributed by atoms with Gasteiger partial charge in [-0.1, -0.05) is 0 Å². The van der Waals surface area contributed by atoms with Gasteiger partial charge >= 0.3 is 0 Å². The molecule has 2 aliphatic rings. The van der Waals surface area contributed by atoms with Crippen LogP contribution in [-0.4, -0.2) is 53.6 Å². The maximum atomic E-state index is 9.61. The van der Waals surface area contributed by atoms with E-state index in [1.54, 1.807) is 0 Å². The molecule has 0 saturated carbocycles. The minimum Gasteiger partial charge on any atom is -0.396 e. The molecular formula is C13H20N4O2. The van der Waals surface area contributed by atoms with Crippen LogP contribution in [0.1, 0.15) is 12.8 Å². The second-order valence-electron chi connectivity index (χ2n) is 5.36. The van der Waals surface area contributed by atoms with Crippen LogP contribution < -0.4 is 15.5 Å². The predicted octanol–water partition coefficient (Wildman–Crippen LogP) is -0.194. The summed E-state index contributed by atoms with van der Waals surface area (Å²) in [5, 5.41) is 19.2. The highest BCUT2D eigenvalue weighted by atomic mass is 16.3. The van der Waals surface area contributed by atoms with E-state index in [1.807, 2.05) is 17.0 Å². The van der Waals surface area contributed by atoms with Gasteiger partial charge in [0.2, 0.25) is 0 Å². The van der Waals surface area contributed by atoms with Gasteiger partial charge in [0.25, 0.3) is 0 Å². The van der Waals surface area contributed by atoms with Crippen LogP contribution in [0, 0.1) is 0 Å². The molecular weight excluding hydrogens is 244 g/mol. The molecule has 0 aromatic carbocycles. The summed E-state index contributed by atoms with van der Waals surface area (Å²) in [5.74, 6) is 1.59. The second-order valence-corrected chi connectivity index (χ2v) is 5.36. The molecule has 0 aliphatic carbocycles. The Kier molecular flexibility index (Phi) is 3.20. The Balaban J connectivity index is 1.84. The highest BCUT2D eigenvalue weighted by Gasteiger charge is 2.25. The first-order valence-corrected chi connectivity index (χ1v) is 6.76. The maximum Gasteiger partial charge on any atom is 0.154 e. The summed E-state index contributed by atoms with van der Waals surface area (Å²) in [7, 11) is 0. The van der Waals surface area contributed by atoms with Crippen LogP contribution >= 0.6 is 0 Å². The molecule has 2 aliphatic heterocycles. The van der Waals surface area contributed by atoms with Crippen molar-refractivity contribution in [1.29, 1.82) is 0 Å². The van der Waals surface area contributed by atoms with Crippen molar-refractivity contribution in [2.24, 2.45) is 0 Å². The average Bonchev–Trinajstić information content (AvgIpc) is 2.99. The zero-order valence-corrected chi connectivity index (χ0v) is 10.9. The lowest BCUT2D eigenvalue weighted by atomic mass is 10.3. The summed E-state index contributed by atoms with van der Waals surface area (Å²) < 4.78 is 0. The Morgan fingerprint density at radius 1 is 1.05 bits per heavy atom. The molecule has 2 saturated heterocycles. The standard InChI is InChI=1S/C13H20N4O2/c14-11-1-2-12(16-5-3-9(18)7-16)15-13(11)17-6-4-10(19)8-17/h1-2,9-10,18-19H,3-8,14H2. The summed E-state index contributed by atoms with van der Waals surface area (Å²) in [6.45, 7) is 2.81. The number of aliphatic hydroxyl groups excluding tert-OH is 2. The van der Waals surface area contributed by atoms with Crippen molar-refractivity contribution < 1.29 is 10.2 Å². The van der Waals surface area contributed by atoms with Crippen LogP contribution in [0.3, 0.4) is 0 Å². The quantitative estimate of drug-likeness (QED) is 0.686. The fourth-order valence-corrected chi connectivity index (χ4v) is 2.76. The van der Waals surface area contributed by atoms with E-state index in [2.05, 4.69) is 9.88 Å². The van der Waals surface area contributed by atoms with Gasteiger partial charge in [0, 0.05) is 26.2 Å². The van der Waals surface area contributed by atoms with Gasteiger partial charge in [-0.05, 0) is 25.0 Å². The maximum absolute atomic E-state index is 9.61. The van der Waals surface area contributed by atoms with Gasteiger partial charge in [-0.2, -0.15) is 0 Å². The minimum absolute atomic E-state index is 0.267. The summed E-state index contributed by atoms with van der Waals surface area (Å²) >= 11 is 0. The van der Waals surface area contributed by atoms with Crippen molar-refractivity contribution in [3.05, 3.63) is 12.1 Å². The number of aliphatic hydroxyl groups is 2. The molecule has 0 bridgehead atoms. The largest absolute Gasteiger partial charge is 0.396 e. The number of hydrogen-bond donors (Lipinski definition) is 3. The number of nitrogens with two attached hydrogens (primary N) is 1. The van der Waals surface area contributed by atoms with Gasteiger partial charge in [0.15, 0.2) is 5.82 Å². The molecule has 0 radical (unpaired) electrons. The Morgan fingerprint density at radius 3 is 2.26 bits per heavy atom. The predicted molar refractivity (Wildman–Crippen MR) is 74.3 cm³/mol. The van der Waals surface area contributed by atoms with Crippen molar-refractivity contribution in [1.82, 2.24) is 4.98 Å². The SMILES string of the molecule is Nc1ccc(N2CCC(O)C2)nc1N1CCC(O)C1. The monoisotopic (exact) mass is 264 g/mol. The molecule has 0 amide bonds. The molecule has 2 unspecified atom stereocenters. The normalized spacial score (nSPS) is 27.3. The summed E-state index contributed by atoms with van der Waals surface area (Å²) in [4.78, 5) is 8.70. The lowest BCUT2D eigenvalue weighted by Gasteiger charge is -2.22.